The average Bonchev–Trinajstić information content (AvgIpc) is 2.61. The Hall–Kier alpha value is -3.13. The average molecular weight is 375 g/mol. The molecule has 2 heterocycles. The second-order valence-corrected chi connectivity index (χ2v) is 6.22. The zero-order valence-corrected chi connectivity index (χ0v) is 14.7. The van der Waals surface area contributed by atoms with Crippen molar-refractivity contribution in [3.05, 3.63) is 74.9 Å². The van der Waals surface area contributed by atoms with Crippen LogP contribution in [0.2, 0.25) is 0 Å². The highest BCUT2D eigenvalue weighted by Crippen LogP contribution is 2.42. The second-order valence-electron chi connectivity index (χ2n) is 6.22. The smallest absolute Gasteiger partial charge is 0.340 e. The molecule has 1 aliphatic rings. The van der Waals surface area contributed by atoms with Crippen molar-refractivity contribution >= 4 is 5.97 Å². The van der Waals surface area contributed by atoms with E-state index in [4.69, 9.17) is 19.6 Å². The highest BCUT2D eigenvalue weighted by molar-refractivity contribution is 5.92. The molecule has 142 valence electrons. The summed E-state index contributed by atoms with van der Waals surface area (Å²) in [5.74, 6) is -3.43. The molecule has 0 bridgehead atoms. The molecular weight excluding hydrogens is 357 g/mol. The number of hydrogen-bond acceptors (Lipinski definition) is 7. The summed E-state index contributed by atoms with van der Waals surface area (Å²) in [6, 6.07) is 6.75. The minimum absolute atomic E-state index is 0.0546. The summed E-state index contributed by atoms with van der Waals surface area (Å²) in [6.45, 7) is 2.74. The van der Waals surface area contributed by atoms with Gasteiger partial charge >= 0.3 is 5.97 Å². The third kappa shape index (κ3) is 3.43. The van der Waals surface area contributed by atoms with Crippen molar-refractivity contribution in [3.63, 3.8) is 0 Å². The number of carbonyl (C=O) groups excluding carboxylic acids is 1. The summed E-state index contributed by atoms with van der Waals surface area (Å²) < 4.78 is 30.6. The van der Waals surface area contributed by atoms with E-state index >= 15 is 0 Å². The number of benzene rings is 1. The van der Waals surface area contributed by atoms with Gasteiger partial charge in [-0.25, -0.2) is 9.18 Å². The lowest BCUT2D eigenvalue weighted by molar-refractivity contribution is -0.143. The zero-order chi connectivity index (χ0) is 19.7. The molecule has 0 amide bonds. The molecule has 0 spiro atoms. The van der Waals surface area contributed by atoms with Crippen LogP contribution in [0.5, 0.6) is 5.75 Å². The lowest BCUT2D eigenvalue weighted by Gasteiger charge is -2.27. The standard InChI is InChI=1S/C19H18FNO6/c1-9(2)25-19(24)15-14(11-5-3-4-6-12(11)20)17-16(27-18(15)21)13(23)7-10(8-22)26-17/h3-7,9,14,22H,8,21H2,1-2H3. The van der Waals surface area contributed by atoms with Crippen LogP contribution in [0, 0.1) is 5.82 Å². The van der Waals surface area contributed by atoms with Gasteiger partial charge in [0.15, 0.2) is 5.76 Å². The van der Waals surface area contributed by atoms with E-state index in [0.717, 1.165) is 6.07 Å². The lowest BCUT2D eigenvalue weighted by atomic mass is 9.86. The Morgan fingerprint density at radius 3 is 2.70 bits per heavy atom. The van der Waals surface area contributed by atoms with Crippen LogP contribution >= 0.6 is 0 Å². The Labute approximate surface area is 153 Å². The van der Waals surface area contributed by atoms with Crippen molar-refractivity contribution in [2.75, 3.05) is 0 Å². The van der Waals surface area contributed by atoms with E-state index in [9.17, 15) is 19.1 Å². The van der Waals surface area contributed by atoms with E-state index in [1.165, 1.54) is 18.2 Å². The fraction of sp³-hybridized carbons (Fsp3) is 0.263. The SMILES string of the molecule is CC(C)OC(=O)C1=C(N)Oc2c(oc(CO)cc2=O)C1c1ccccc1F. The second kappa shape index (κ2) is 7.24. The Morgan fingerprint density at radius 1 is 1.37 bits per heavy atom. The Kier molecular flexibility index (Phi) is 5.00. The normalized spacial score (nSPS) is 16.1. The van der Waals surface area contributed by atoms with Crippen molar-refractivity contribution in [1.82, 2.24) is 0 Å². The summed E-state index contributed by atoms with van der Waals surface area (Å²) in [5, 5.41) is 9.35. The number of aliphatic hydroxyl groups is 1. The number of carbonyl (C=O) groups is 1. The van der Waals surface area contributed by atoms with E-state index in [-0.39, 0.29) is 34.3 Å². The fourth-order valence-corrected chi connectivity index (χ4v) is 2.86. The van der Waals surface area contributed by atoms with Gasteiger partial charge in [-0.2, -0.15) is 0 Å². The van der Waals surface area contributed by atoms with Crippen LogP contribution in [0.1, 0.15) is 36.8 Å². The van der Waals surface area contributed by atoms with Gasteiger partial charge in [0.25, 0.3) is 0 Å². The maximum atomic E-state index is 14.6. The molecule has 2 aromatic rings. The number of aliphatic hydroxyl groups excluding tert-OH is 1. The molecule has 27 heavy (non-hydrogen) atoms. The van der Waals surface area contributed by atoms with E-state index in [0.29, 0.717) is 0 Å². The molecule has 1 aromatic heterocycles. The van der Waals surface area contributed by atoms with Crippen LogP contribution in [0.3, 0.4) is 0 Å². The number of esters is 1. The van der Waals surface area contributed by atoms with Gasteiger partial charge in [-0.1, -0.05) is 18.2 Å². The van der Waals surface area contributed by atoms with Crippen molar-refractivity contribution < 1.29 is 28.2 Å². The van der Waals surface area contributed by atoms with E-state index in [2.05, 4.69) is 0 Å². The van der Waals surface area contributed by atoms with Gasteiger partial charge in [0.1, 0.15) is 23.8 Å². The van der Waals surface area contributed by atoms with E-state index < -0.39 is 35.8 Å². The molecule has 0 fully saturated rings. The van der Waals surface area contributed by atoms with Crippen molar-refractivity contribution in [2.24, 2.45) is 5.73 Å². The summed E-state index contributed by atoms with van der Waals surface area (Å²) in [4.78, 5) is 25.0. The summed E-state index contributed by atoms with van der Waals surface area (Å²) in [6.07, 6.45) is -0.462. The monoisotopic (exact) mass is 375 g/mol. The number of halogens is 1. The molecule has 1 unspecified atom stereocenters. The molecular formula is C19H18FNO6. The number of nitrogens with two attached hydrogens (primary N) is 1. The Bertz CT molecular complexity index is 978. The number of hydrogen-bond donors (Lipinski definition) is 2. The molecule has 0 radical (unpaired) electrons. The molecule has 0 saturated carbocycles. The summed E-state index contributed by atoms with van der Waals surface area (Å²) in [7, 11) is 0. The van der Waals surface area contributed by atoms with E-state index in [1.807, 2.05) is 0 Å². The topological polar surface area (TPSA) is 112 Å². The molecule has 1 aliphatic heterocycles. The third-order valence-corrected chi connectivity index (χ3v) is 3.94. The van der Waals surface area contributed by atoms with Gasteiger partial charge in [0.2, 0.25) is 17.1 Å². The van der Waals surface area contributed by atoms with Crippen molar-refractivity contribution in [2.45, 2.75) is 32.5 Å². The predicted octanol–water partition coefficient (Wildman–Crippen LogP) is 1.92. The predicted molar refractivity (Wildman–Crippen MR) is 92.2 cm³/mol. The molecule has 1 aromatic carbocycles. The maximum Gasteiger partial charge on any atom is 0.340 e. The number of fused-ring (bicyclic) bond motifs is 1. The molecule has 8 heteroatoms. The van der Waals surface area contributed by atoms with Gasteiger partial charge in [-0.3, -0.25) is 4.79 Å². The Balaban J connectivity index is 2.28. The van der Waals surface area contributed by atoms with Gasteiger partial charge in [0.05, 0.1) is 12.0 Å². The molecule has 3 rings (SSSR count). The summed E-state index contributed by atoms with van der Waals surface area (Å²) in [5.41, 5.74) is 5.16. The molecule has 0 saturated heterocycles. The highest BCUT2D eigenvalue weighted by Gasteiger charge is 2.40. The quantitative estimate of drug-likeness (QED) is 0.785. The van der Waals surface area contributed by atoms with Gasteiger partial charge < -0.3 is 24.7 Å². The van der Waals surface area contributed by atoms with E-state index in [1.54, 1.807) is 19.9 Å². The van der Waals surface area contributed by atoms with Crippen LogP contribution < -0.4 is 15.9 Å². The zero-order valence-electron chi connectivity index (χ0n) is 14.7. The van der Waals surface area contributed by atoms with Gasteiger partial charge in [-0.15, -0.1) is 0 Å². The van der Waals surface area contributed by atoms with Crippen LogP contribution in [0.15, 0.2) is 51.0 Å². The molecule has 0 aliphatic carbocycles. The Morgan fingerprint density at radius 2 is 2.07 bits per heavy atom. The molecule has 7 nitrogen and oxygen atoms in total. The van der Waals surface area contributed by atoms with Crippen LogP contribution in [-0.4, -0.2) is 17.2 Å². The first-order valence-corrected chi connectivity index (χ1v) is 8.24. The third-order valence-electron chi connectivity index (χ3n) is 3.94. The fourth-order valence-electron chi connectivity index (χ4n) is 2.86. The van der Waals surface area contributed by atoms with Gasteiger partial charge in [0, 0.05) is 11.6 Å². The van der Waals surface area contributed by atoms with Crippen molar-refractivity contribution in [3.8, 4) is 5.75 Å². The van der Waals surface area contributed by atoms with Crippen LogP contribution in [0.4, 0.5) is 4.39 Å². The van der Waals surface area contributed by atoms with Crippen LogP contribution in [-0.2, 0) is 16.1 Å². The maximum absolute atomic E-state index is 14.6. The minimum Gasteiger partial charge on any atom is -0.459 e. The first-order valence-electron chi connectivity index (χ1n) is 8.24. The number of ether oxygens (including phenoxy) is 2. The lowest BCUT2D eigenvalue weighted by Crippen LogP contribution is -2.31. The summed E-state index contributed by atoms with van der Waals surface area (Å²) >= 11 is 0. The molecule has 1 atom stereocenters. The van der Waals surface area contributed by atoms with Gasteiger partial charge in [-0.05, 0) is 19.9 Å². The largest absolute Gasteiger partial charge is 0.459 e. The van der Waals surface area contributed by atoms with Crippen LogP contribution in [0.25, 0.3) is 0 Å². The molecule has 3 N–H and O–H groups in total. The minimum atomic E-state index is -1.17. The van der Waals surface area contributed by atoms with Crippen molar-refractivity contribution in [1.29, 1.82) is 0 Å². The number of rotatable bonds is 4. The first kappa shape index (κ1) is 18.7. The first-order chi connectivity index (χ1) is 12.8. The highest BCUT2D eigenvalue weighted by atomic mass is 19.1.